The summed E-state index contributed by atoms with van der Waals surface area (Å²) in [7, 11) is 1.36. The molecule has 0 N–H and O–H groups in total. The minimum atomic E-state index is -0.359. The number of aryl methyl sites for hydroxylation is 1. The minimum absolute atomic E-state index is 0.359. The molecule has 7 heteroatoms. The topological polar surface area (TPSA) is 69.4 Å². The number of hydrogen-bond acceptors (Lipinski definition) is 6. The van der Waals surface area contributed by atoms with Gasteiger partial charge in [0.25, 0.3) is 0 Å². The van der Waals surface area contributed by atoms with Crippen LogP contribution in [0.5, 0.6) is 0 Å². The summed E-state index contributed by atoms with van der Waals surface area (Å²) in [6.45, 7) is 1.86. The molecule has 1 aromatic heterocycles. The van der Waals surface area contributed by atoms with Gasteiger partial charge in [-0.3, -0.25) is 0 Å². The first kappa shape index (κ1) is 17.9. The van der Waals surface area contributed by atoms with Crippen molar-refractivity contribution < 1.29 is 9.53 Å². The first-order valence-electron chi connectivity index (χ1n) is 7.99. The molecule has 0 aliphatic heterocycles. The van der Waals surface area contributed by atoms with Gasteiger partial charge in [-0.05, 0) is 30.2 Å². The van der Waals surface area contributed by atoms with Crippen molar-refractivity contribution in [2.45, 2.75) is 17.8 Å². The van der Waals surface area contributed by atoms with Crippen molar-refractivity contribution in [2.24, 2.45) is 5.10 Å². The summed E-state index contributed by atoms with van der Waals surface area (Å²) in [4.78, 5) is 11.5. The van der Waals surface area contributed by atoms with Crippen molar-refractivity contribution >= 4 is 23.9 Å². The Kier molecular flexibility index (Phi) is 5.80. The molecule has 0 amide bonds. The number of carbonyl (C=O) groups excluding carboxylic acids is 1. The lowest BCUT2D eigenvalue weighted by Gasteiger charge is -2.03. The number of thioether (sulfide) groups is 1. The molecule has 0 aliphatic carbocycles. The second-order valence-corrected chi connectivity index (χ2v) is 6.42. The highest BCUT2D eigenvalue weighted by atomic mass is 32.2. The SMILES string of the molecule is COC(=O)c1ccc(/C=N\n2c(C)nnc2SCc2ccccc2)cc1. The predicted molar refractivity (Wildman–Crippen MR) is 102 cm³/mol. The summed E-state index contributed by atoms with van der Waals surface area (Å²) < 4.78 is 6.40. The Balaban J connectivity index is 1.72. The minimum Gasteiger partial charge on any atom is -0.465 e. The summed E-state index contributed by atoms with van der Waals surface area (Å²) >= 11 is 1.58. The number of methoxy groups -OCH3 is 1. The first-order chi connectivity index (χ1) is 12.7. The van der Waals surface area contributed by atoms with Gasteiger partial charge in [-0.2, -0.15) is 9.78 Å². The number of hydrogen-bond donors (Lipinski definition) is 0. The van der Waals surface area contributed by atoms with Crippen molar-refractivity contribution in [3.8, 4) is 0 Å². The molecule has 3 aromatic rings. The normalized spacial score (nSPS) is 11.0. The first-order valence-corrected chi connectivity index (χ1v) is 8.97. The van der Waals surface area contributed by atoms with Crippen LogP contribution in [-0.2, 0) is 10.5 Å². The van der Waals surface area contributed by atoms with Crippen LogP contribution >= 0.6 is 11.8 Å². The van der Waals surface area contributed by atoms with E-state index in [0.29, 0.717) is 11.4 Å². The van der Waals surface area contributed by atoms with E-state index < -0.39 is 0 Å². The van der Waals surface area contributed by atoms with Gasteiger partial charge < -0.3 is 4.74 Å². The molecular weight excluding hydrogens is 348 g/mol. The molecule has 132 valence electrons. The van der Waals surface area contributed by atoms with E-state index in [1.165, 1.54) is 12.7 Å². The van der Waals surface area contributed by atoms with Gasteiger partial charge in [-0.25, -0.2) is 4.79 Å². The van der Waals surface area contributed by atoms with Crippen molar-refractivity contribution in [3.05, 3.63) is 77.1 Å². The van der Waals surface area contributed by atoms with E-state index in [1.807, 2.05) is 37.3 Å². The Hall–Kier alpha value is -2.93. The van der Waals surface area contributed by atoms with E-state index in [9.17, 15) is 4.79 Å². The standard InChI is InChI=1S/C19H18N4O2S/c1-14-21-22-19(26-13-16-6-4-3-5-7-16)23(14)20-12-15-8-10-17(11-9-15)18(24)25-2/h3-12H,13H2,1-2H3/b20-12-. The van der Waals surface area contributed by atoms with Crippen LogP contribution in [0.15, 0.2) is 64.9 Å². The molecule has 1 heterocycles. The molecule has 0 spiro atoms. The second-order valence-electron chi connectivity index (χ2n) is 5.47. The monoisotopic (exact) mass is 366 g/mol. The van der Waals surface area contributed by atoms with Crippen LogP contribution in [0.1, 0.15) is 27.3 Å². The molecule has 0 bridgehead atoms. The molecule has 2 aromatic carbocycles. The van der Waals surface area contributed by atoms with Crippen LogP contribution in [0, 0.1) is 6.92 Å². The molecule has 0 saturated carbocycles. The number of benzene rings is 2. The Labute approximate surface area is 155 Å². The van der Waals surface area contributed by atoms with Crippen LogP contribution < -0.4 is 0 Å². The molecule has 6 nitrogen and oxygen atoms in total. The van der Waals surface area contributed by atoms with E-state index >= 15 is 0 Å². The molecule has 0 radical (unpaired) electrons. The number of rotatable bonds is 6. The number of ether oxygens (including phenoxy) is 1. The van der Waals surface area contributed by atoms with Crippen LogP contribution in [0.25, 0.3) is 0 Å². The third kappa shape index (κ3) is 4.37. The van der Waals surface area contributed by atoms with Gasteiger partial charge in [-0.1, -0.05) is 54.2 Å². The number of nitrogens with zero attached hydrogens (tertiary/aromatic N) is 4. The predicted octanol–water partition coefficient (Wildman–Crippen LogP) is 3.55. The number of carbonyl (C=O) groups is 1. The average Bonchev–Trinajstić information content (AvgIpc) is 3.05. The summed E-state index contributed by atoms with van der Waals surface area (Å²) in [5.74, 6) is 1.15. The van der Waals surface area contributed by atoms with Gasteiger partial charge in [0.05, 0.1) is 18.9 Å². The van der Waals surface area contributed by atoms with Gasteiger partial charge in [0.15, 0.2) is 5.82 Å². The Morgan fingerprint density at radius 2 is 1.88 bits per heavy atom. The molecule has 0 atom stereocenters. The van der Waals surface area contributed by atoms with E-state index in [1.54, 1.807) is 34.8 Å². The third-order valence-electron chi connectivity index (χ3n) is 3.63. The zero-order valence-corrected chi connectivity index (χ0v) is 15.3. The van der Waals surface area contributed by atoms with E-state index in [4.69, 9.17) is 4.74 Å². The van der Waals surface area contributed by atoms with E-state index in [2.05, 4.69) is 27.4 Å². The Morgan fingerprint density at radius 1 is 1.15 bits per heavy atom. The average molecular weight is 366 g/mol. The Bertz CT molecular complexity index is 905. The van der Waals surface area contributed by atoms with Crippen LogP contribution in [0.4, 0.5) is 0 Å². The van der Waals surface area contributed by atoms with Gasteiger partial charge in [0, 0.05) is 5.75 Å². The molecule has 0 fully saturated rings. The Morgan fingerprint density at radius 3 is 2.58 bits per heavy atom. The van der Waals surface area contributed by atoms with Gasteiger partial charge in [-0.15, -0.1) is 10.2 Å². The zero-order chi connectivity index (χ0) is 18.4. The highest BCUT2D eigenvalue weighted by molar-refractivity contribution is 7.98. The van der Waals surface area contributed by atoms with Gasteiger partial charge >= 0.3 is 5.97 Å². The lowest BCUT2D eigenvalue weighted by Crippen LogP contribution is -2.01. The smallest absolute Gasteiger partial charge is 0.337 e. The summed E-state index contributed by atoms with van der Waals surface area (Å²) in [5, 5.41) is 13.5. The molecule has 0 saturated heterocycles. The number of aromatic nitrogens is 3. The molecule has 26 heavy (non-hydrogen) atoms. The van der Waals surface area contributed by atoms with Gasteiger partial charge in [0.1, 0.15) is 0 Å². The van der Waals surface area contributed by atoms with Crippen molar-refractivity contribution in [1.29, 1.82) is 0 Å². The molecular formula is C19H18N4O2S. The highest BCUT2D eigenvalue weighted by Gasteiger charge is 2.09. The fraction of sp³-hybridized carbons (Fsp3) is 0.158. The van der Waals surface area contributed by atoms with Crippen LogP contribution in [0.2, 0.25) is 0 Å². The quantitative estimate of drug-likeness (QED) is 0.379. The third-order valence-corrected chi connectivity index (χ3v) is 4.62. The number of esters is 1. The van der Waals surface area contributed by atoms with Crippen molar-refractivity contribution in [2.75, 3.05) is 7.11 Å². The van der Waals surface area contributed by atoms with Crippen molar-refractivity contribution in [1.82, 2.24) is 14.9 Å². The van der Waals surface area contributed by atoms with E-state index in [-0.39, 0.29) is 5.97 Å². The van der Waals surface area contributed by atoms with Crippen molar-refractivity contribution in [3.63, 3.8) is 0 Å². The van der Waals surface area contributed by atoms with Crippen LogP contribution in [-0.4, -0.2) is 34.2 Å². The lowest BCUT2D eigenvalue weighted by molar-refractivity contribution is 0.0600. The second kappa shape index (κ2) is 8.44. The van der Waals surface area contributed by atoms with Gasteiger partial charge in [0.2, 0.25) is 5.16 Å². The van der Waals surface area contributed by atoms with Crippen LogP contribution in [0.3, 0.4) is 0 Å². The fourth-order valence-electron chi connectivity index (χ4n) is 2.23. The maximum atomic E-state index is 11.5. The zero-order valence-electron chi connectivity index (χ0n) is 14.5. The highest BCUT2D eigenvalue weighted by Crippen LogP contribution is 2.21. The maximum Gasteiger partial charge on any atom is 0.337 e. The fourth-order valence-corrected chi connectivity index (χ4v) is 3.12. The molecule has 3 rings (SSSR count). The summed E-state index contributed by atoms with van der Waals surface area (Å²) in [6.07, 6.45) is 1.71. The summed E-state index contributed by atoms with van der Waals surface area (Å²) in [6, 6.07) is 17.2. The van der Waals surface area contributed by atoms with E-state index in [0.717, 1.165) is 16.5 Å². The molecule has 0 aliphatic rings. The lowest BCUT2D eigenvalue weighted by atomic mass is 10.1. The largest absolute Gasteiger partial charge is 0.465 e. The molecule has 0 unspecified atom stereocenters. The maximum absolute atomic E-state index is 11.5. The summed E-state index contributed by atoms with van der Waals surface area (Å²) in [5.41, 5.74) is 2.58.